The summed E-state index contributed by atoms with van der Waals surface area (Å²) in [6.45, 7) is 6.34. The molecule has 0 aliphatic heterocycles. The summed E-state index contributed by atoms with van der Waals surface area (Å²) < 4.78 is 0. The zero-order valence-electron chi connectivity index (χ0n) is 13.8. The molecular weight excluding hydrogens is 232 g/mol. The van der Waals surface area contributed by atoms with Crippen LogP contribution in [0.15, 0.2) is 0 Å². The summed E-state index contributed by atoms with van der Waals surface area (Å²) in [6.07, 6.45) is 17.9. The second kappa shape index (κ2) is 14.4. The minimum Gasteiger partial charge on any atom is -0.393 e. The highest BCUT2D eigenvalue weighted by atomic mass is 16.3. The van der Waals surface area contributed by atoms with Crippen LogP contribution in [-0.2, 0) is 0 Å². The summed E-state index contributed by atoms with van der Waals surface area (Å²) in [5, 5.41) is 9.40. The Morgan fingerprint density at radius 3 is 1.37 bits per heavy atom. The molecule has 0 fully saturated rings. The lowest BCUT2D eigenvalue weighted by Crippen LogP contribution is -2.12. The van der Waals surface area contributed by atoms with Crippen molar-refractivity contribution in [3.8, 4) is 0 Å². The van der Waals surface area contributed by atoms with E-state index in [2.05, 4.69) is 13.8 Å². The number of aliphatic hydroxyl groups excluding tert-OH is 1. The average Bonchev–Trinajstić information content (AvgIpc) is 2.39. The van der Waals surface area contributed by atoms with Gasteiger partial charge in [0.1, 0.15) is 0 Å². The molecule has 1 heteroatoms. The Morgan fingerprint density at radius 1 is 0.632 bits per heavy atom. The van der Waals surface area contributed by atoms with E-state index in [1.54, 1.807) is 0 Å². The fourth-order valence-electron chi connectivity index (χ4n) is 2.55. The van der Waals surface area contributed by atoms with Crippen LogP contribution in [0.1, 0.15) is 104 Å². The van der Waals surface area contributed by atoms with Crippen LogP contribution in [0.4, 0.5) is 0 Å². The molecule has 19 heavy (non-hydrogen) atoms. The monoisotopic (exact) mass is 270 g/mol. The molecule has 0 aliphatic carbocycles. The number of hydrogen-bond acceptors (Lipinski definition) is 1. The van der Waals surface area contributed by atoms with Gasteiger partial charge in [-0.25, -0.2) is 0 Å². The maximum absolute atomic E-state index is 9.40. The van der Waals surface area contributed by atoms with E-state index in [0.717, 1.165) is 0 Å². The van der Waals surface area contributed by atoms with Gasteiger partial charge in [0.25, 0.3) is 0 Å². The minimum absolute atomic E-state index is 0.132. The molecule has 1 N–H and O–H groups in total. The van der Waals surface area contributed by atoms with Crippen LogP contribution < -0.4 is 0 Å². The van der Waals surface area contributed by atoms with Gasteiger partial charge in [-0.05, 0) is 19.3 Å². The maximum Gasteiger partial charge on any atom is 0.0537 e. The van der Waals surface area contributed by atoms with E-state index in [9.17, 15) is 5.11 Å². The summed E-state index contributed by atoms with van der Waals surface area (Å²) >= 11 is 0. The van der Waals surface area contributed by atoms with Crippen molar-refractivity contribution in [2.45, 2.75) is 110 Å². The third-order valence-corrected chi connectivity index (χ3v) is 4.34. The molecule has 0 bridgehead atoms. The Morgan fingerprint density at radius 2 is 1.00 bits per heavy atom. The van der Waals surface area contributed by atoms with Crippen LogP contribution in [-0.4, -0.2) is 11.2 Å². The average molecular weight is 271 g/mol. The van der Waals surface area contributed by atoms with Gasteiger partial charge < -0.3 is 5.11 Å². The summed E-state index contributed by atoms with van der Waals surface area (Å²) in [5.41, 5.74) is 0. The Labute approximate surface area is 122 Å². The predicted octanol–water partition coefficient (Wildman–Crippen LogP) is 6.09. The SMILES string of the molecule is CCCCCCCCCCCCCCC(C)C(C)O. The van der Waals surface area contributed by atoms with E-state index in [-0.39, 0.29) is 6.10 Å². The third kappa shape index (κ3) is 14.2. The lowest BCUT2D eigenvalue weighted by atomic mass is 9.97. The molecule has 0 aromatic carbocycles. The predicted molar refractivity (Wildman–Crippen MR) is 86.5 cm³/mol. The second-order valence-corrected chi connectivity index (χ2v) is 6.40. The smallest absolute Gasteiger partial charge is 0.0537 e. The number of rotatable bonds is 14. The van der Waals surface area contributed by atoms with E-state index in [4.69, 9.17) is 0 Å². The highest BCUT2D eigenvalue weighted by Gasteiger charge is 2.07. The Kier molecular flexibility index (Phi) is 14.3. The zero-order chi connectivity index (χ0) is 14.3. The van der Waals surface area contributed by atoms with Crippen LogP contribution in [0.3, 0.4) is 0 Å². The first-order valence-electron chi connectivity index (χ1n) is 8.86. The molecule has 0 spiro atoms. The molecular formula is C18H38O. The van der Waals surface area contributed by atoms with Crippen LogP contribution in [0.5, 0.6) is 0 Å². The van der Waals surface area contributed by atoms with Gasteiger partial charge in [0.2, 0.25) is 0 Å². The van der Waals surface area contributed by atoms with Gasteiger partial charge in [-0.3, -0.25) is 0 Å². The Hall–Kier alpha value is -0.0400. The molecule has 0 radical (unpaired) electrons. The lowest BCUT2D eigenvalue weighted by Gasteiger charge is -2.13. The molecule has 0 aromatic heterocycles. The van der Waals surface area contributed by atoms with Crippen molar-refractivity contribution in [2.24, 2.45) is 5.92 Å². The van der Waals surface area contributed by atoms with E-state index in [0.29, 0.717) is 5.92 Å². The van der Waals surface area contributed by atoms with Crippen molar-refractivity contribution >= 4 is 0 Å². The molecule has 0 heterocycles. The van der Waals surface area contributed by atoms with Gasteiger partial charge in [0.05, 0.1) is 6.10 Å². The first-order chi connectivity index (χ1) is 9.18. The van der Waals surface area contributed by atoms with E-state index in [1.165, 1.54) is 83.5 Å². The Bertz CT molecular complexity index is 165. The molecule has 0 saturated carbocycles. The highest BCUT2D eigenvalue weighted by Crippen LogP contribution is 2.15. The fraction of sp³-hybridized carbons (Fsp3) is 1.00. The second-order valence-electron chi connectivity index (χ2n) is 6.40. The summed E-state index contributed by atoms with van der Waals surface area (Å²) in [4.78, 5) is 0. The number of unbranched alkanes of at least 4 members (excludes halogenated alkanes) is 11. The lowest BCUT2D eigenvalue weighted by molar-refractivity contribution is 0.128. The third-order valence-electron chi connectivity index (χ3n) is 4.34. The van der Waals surface area contributed by atoms with Crippen molar-refractivity contribution in [3.63, 3.8) is 0 Å². The van der Waals surface area contributed by atoms with Gasteiger partial charge >= 0.3 is 0 Å². The van der Waals surface area contributed by atoms with E-state index < -0.39 is 0 Å². The van der Waals surface area contributed by atoms with Crippen LogP contribution >= 0.6 is 0 Å². The van der Waals surface area contributed by atoms with Crippen molar-refractivity contribution in [1.82, 2.24) is 0 Å². The van der Waals surface area contributed by atoms with Gasteiger partial charge in [0.15, 0.2) is 0 Å². The highest BCUT2D eigenvalue weighted by molar-refractivity contribution is 4.59. The van der Waals surface area contributed by atoms with Crippen LogP contribution in [0.2, 0.25) is 0 Å². The summed E-state index contributed by atoms with van der Waals surface area (Å²) in [6, 6.07) is 0. The van der Waals surface area contributed by atoms with E-state index in [1.807, 2.05) is 6.92 Å². The normalized spacial score (nSPS) is 14.5. The summed E-state index contributed by atoms with van der Waals surface area (Å²) in [7, 11) is 0. The first kappa shape index (κ1) is 19.0. The topological polar surface area (TPSA) is 20.2 Å². The molecule has 0 aromatic rings. The number of hydrogen-bond donors (Lipinski definition) is 1. The number of aliphatic hydroxyl groups is 1. The maximum atomic E-state index is 9.40. The molecule has 2 atom stereocenters. The van der Waals surface area contributed by atoms with Crippen molar-refractivity contribution in [2.75, 3.05) is 0 Å². The zero-order valence-corrected chi connectivity index (χ0v) is 13.8. The molecule has 116 valence electrons. The molecule has 1 nitrogen and oxygen atoms in total. The van der Waals surface area contributed by atoms with Gasteiger partial charge in [0, 0.05) is 0 Å². The van der Waals surface area contributed by atoms with Crippen LogP contribution in [0.25, 0.3) is 0 Å². The summed E-state index contributed by atoms with van der Waals surface area (Å²) in [5.74, 6) is 0.475. The minimum atomic E-state index is -0.132. The van der Waals surface area contributed by atoms with Crippen LogP contribution in [0, 0.1) is 5.92 Å². The largest absolute Gasteiger partial charge is 0.393 e. The molecule has 0 amide bonds. The van der Waals surface area contributed by atoms with E-state index >= 15 is 0 Å². The standard InChI is InChI=1S/C18H38O/c1-4-5-6-7-8-9-10-11-12-13-14-15-16-17(2)18(3)19/h17-19H,4-16H2,1-3H3. The fourth-order valence-corrected chi connectivity index (χ4v) is 2.55. The van der Waals surface area contributed by atoms with Gasteiger partial charge in [-0.15, -0.1) is 0 Å². The van der Waals surface area contributed by atoms with Crippen molar-refractivity contribution < 1.29 is 5.11 Å². The quantitative estimate of drug-likeness (QED) is 0.378. The van der Waals surface area contributed by atoms with Crippen molar-refractivity contribution in [1.29, 1.82) is 0 Å². The molecule has 0 aliphatic rings. The first-order valence-corrected chi connectivity index (χ1v) is 8.86. The van der Waals surface area contributed by atoms with Gasteiger partial charge in [-0.1, -0.05) is 90.9 Å². The molecule has 2 unspecified atom stereocenters. The van der Waals surface area contributed by atoms with Crippen molar-refractivity contribution in [3.05, 3.63) is 0 Å². The Balaban J connectivity index is 3.03. The molecule has 0 rings (SSSR count). The molecule has 0 saturated heterocycles. The van der Waals surface area contributed by atoms with Gasteiger partial charge in [-0.2, -0.15) is 0 Å².